The van der Waals surface area contributed by atoms with E-state index >= 15 is 0 Å². The molecule has 30 nitrogen and oxygen atoms in total. The second kappa shape index (κ2) is 32.2. The first-order valence-corrected chi connectivity index (χ1v) is 27.5. The van der Waals surface area contributed by atoms with Crippen LogP contribution < -0.4 is 54.4 Å². The largest absolute Gasteiger partial charge is 0.481 e. The molecule has 0 fully saturated rings. The Labute approximate surface area is 453 Å². The second-order valence-electron chi connectivity index (χ2n) is 16.3. The number of hydrogen-bond donors (Lipinski definition) is 12. The SMILES string of the molecule is CCSc1nc(N)nc(NCCCc2nc(NCCCc3nc(NCCS)nc(NCCCc4ncnc(NCCCc5nc(NCCCc6nc(C)nc(N)n6)nc(NCCC(=O)O)n5)n4)n3)nc(SCCN)n2)n1. The van der Waals surface area contributed by atoms with Crippen LogP contribution in [0.15, 0.2) is 16.6 Å². The number of thioether (sulfide) groups is 2. The Bertz CT molecular complexity index is 2710. The topological polar surface area (TPSA) is 432 Å². The predicted octanol–water partition coefficient (Wildman–Crippen LogP) is 1.88. The lowest BCUT2D eigenvalue weighted by Crippen LogP contribution is -2.16. The molecule has 6 aromatic heterocycles. The third-order valence-electron chi connectivity index (χ3n) is 10.0. The molecule has 0 aromatic carbocycles. The summed E-state index contributed by atoms with van der Waals surface area (Å²) in [4.78, 5) is 91.1. The van der Waals surface area contributed by atoms with Crippen LogP contribution in [0.5, 0.6) is 0 Å². The van der Waals surface area contributed by atoms with Gasteiger partial charge < -0.3 is 59.5 Å². The number of aliphatic carboxylic acids is 1. The van der Waals surface area contributed by atoms with Gasteiger partial charge in [0.05, 0.1) is 6.42 Å². The van der Waals surface area contributed by atoms with Crippen LogP contribution in [0.3, 0.4) is 0 Å². The minimum Gasteiger partial charge on any atom is -0.481 e. The molecule has 6 aromatic rings. The molecule has 0 aliphatic heterocycles. The standard InChI is InChI=1S/C43H66N28O2S3/c1-3-75-43-67-34(46)66-41(71-43)51-20-8-13-31-64-40(70-42(65-31)76-24-15-44)50-19-7-12-30-61-37(69-39(63-30)53-22-23-74)48-17-4-9-27-54-25-55-35(59-27)47-16-6-11-29-60-36(68-38(62-29)52-21-14-32(72)73)49-18-5-10-28-56-26(2)57-33(45)58-28/h25,74H,3-24,44H2,1-2H3,(H,72,73)(H2,45,56,57,58)(H,47,54,55,59)(H,50,64,65,70)(H3,46,51,66,67,71)(H2,48,53,61,63,69)(H2,49,52,60,62,68). The number of nitrogen functional groups attached to an aromatic ring is 2. The lowest BCUT2D eigenvalue weighted by Gasteiger charge is -2.11. The highest BCUT2D eigenvalue weighted by molar-refractivity contribution is 7.99. The van der Waals surface area contributed by atoms with Crippen LogP contribution in [0.4, 0.5) is 53.5 Å². The van der Waals surface area contributed by atoms with Crippen molar-refractivity contribution in [1.82, 2.24) is 89.7 Å². The summed E-state index contributed by atoms with van der Waals surface area (Å²) < 4.78 is 0. The number of nitrogens with zero attached hydrogens (tertiary/aromatic N) is 18. The van der Waals surface area contributed by atoms with Gasteiger partial charge in [0.2, 0.25) is 53.5 Å². The molecule has 33 heteroatoms. The predicted molar refractivity (Wildman–Crippen MR) is 296 cm³/mol. The van der Waals surface area contributed by atoms with Gasteiger partial charge in [-0.1, -0.05) is 30.4 Å². The average molecular weight is 1100 g/mol. The number of nitrogens with one attached hydrogen (secondary N) is 7. The highest BCUT2D eigenvalue weighted by Gasteiger charge is 2.13. The molecule has 14 N–H and O–H groups in total. The molecular weight excluding hydrogens is 1040 g/mol. The molecule has 0 unspecified atom stereocenters. The first kappa shape index (κ1) is 58.0. The van der Waals surface area contributed by atoms with Gasteiger partial charge in [-0.05, 0) is 44.8 Å². The number of aromatic nitrogens is 18. The van der Waals surface area contributed by atoms with Gasteiger partial charge in [0, 0.05) is 96.0 Å². The number of aryl methyl sites for hydroxylation is 6. The van der Waals surface area contributed by atoms with E-state index in [1.165, 1.54) is 29.9 Å². The molecule has 0 saturated carbocycles. The smallest absolute Gasteiger partial charge is 0.305 e. The van der Waals surface area contributed by atoms with Crippen molar-refractivity contribution in [3.63, 3.8) is 0 Å². The summed E-state index contributed by atoms with van der Waals surface area (Å²) in [5.41, 5.74) is 17.4. The maximum atomic E-state index is 11.1. The number of nitrogens with two attached hydrogens (primary N) is 3. The van der Waals surface area contributed by atoms with E-state index in [1.54, 1.807) is 6.92 Å². The quantitative estimate of drug-likeness (QED) is 0.0150. The molecule has 0 bridgehead atoms. The first-order chi connectivity index (χ1) is 37.0. The van der Waals surface area contributed by atoms with Gasteiger partial charge in [-0.15, -0.1) is 0 Å². The van der Waals surface area contributed by atoms with Crippen LogP contribution in [0.25, 0.3) is 0 Å². The van der Waals surface area contributed by atoms with Crippen molar-refractivity contribution < 1.29 is 9.90 Å². The van der Waals surface area contributed by atoms with Crippen LogP contribution >= 0.6 is 36.2 Å². The van der Waals surface area contributed by atoms with Crippen LogP contribution in [0, 0.1) is 6.92 Å². The van der Waals surface area contributed by atoms with E-state index in [9.17, 15) is 4.79 Å². The zero-order valence-corrected chi connectivity index (χ0v) is 45.1. The Morgan fingerprint density at radius 3 is 1.45 bits per heavy atom. The second-order valence-corrected chi connectivity index (χ2v) is 19.0. The van der Waals surface area contributed by atoms with Crippen LogP contribution in [0.1, 0.15) is 80.4 Å². The molecule has 6 heterocycles. The lowest BCUT2D eigenvalue weighted by atomic mass is 10.3. The van der Waals surface area contributed by atoms with Gasteiger partial charge in [-0.25, -0.2) is 19.9 Å². The molecule has 0 radical (unpaired) electrons. The monoisotopic (exact) mass is 1100 g/mol. The highest BCUT2D eigenvalue weighted by atomic mass is 32.2. The number of carbonyl (C=O) groups is 1. The van der Waals surface area contributed by atoms with Crippen molar-refractivity contribution in [2.75, 3.05) is 118 Å². The van der Waals surface area contributed by atoms with Gasteiger partial charge >= 0.3 is 5.97 Å². The number of hydrogen-bond acceptors (Lipinski definition) is 32. The van der Waals surface area contributed by atoms with Crippen LogP contribution in [0.2, 0.25) is 0 Å². The summed E-state index contributed by atoms with van der Waals surface area (Å²) in [7, 11) is 0. The fourth-order valence-electron chi connectivity index (χ4n) is 6.72. The fourth-order valence-corrected chi connectivity index (χ4v) is 8.02. The van der Waals surface area contributed by atoms with E-state index in [2.05, 4.69) is 130 Å². The van der Waals surface area contributed by atoms with Crippen LogP contribution in [-0.4, -0.2) is 170 Å². The van der Waals surface area contributed by atoms with Crippen molar-refractivity contribution in [3.05, 3.63) is 41.3 Å². The third-order valence-corrected chi connectivity index (χ3v) is 11.9. The Balaban J connectivity index is 0.939. The van der Waals surface area contributed by atoms with E-state index < -0.39 is 5.97 Å². The molecule has 6 rings (SSSR count). The molecule has 0 saturated heterocycles. The normalized spacial score (nSPS) is 11.1. The van der Waals surface area contributed by atoms with Gasteiger partial charge in [0.25, 0.3) is 0 Å². The molecule has 408 valence electrons. The number of carboxylic acids is 1. The summed E-state index contributed by atoms with van der Waals surface area (Å²) >= 11 is 7.32. The zero-order valence-electron chi connectivity index (χ0n) is 42.5. The van der Waals surface area contributed by atoms with E-state index in [0.717, 1.165) is 12.2 Å². The maximum Gasteiger partial charge on any atom is 0.305 e. The number of carboxylic acid groups (broad SMARTS) is 1. The maximum absolute atomic E-state index is 11.1. The van der Waals surface area contributed by atoms with Gasteiger partial charge in [-0.3, -0.25) is 4.79 Å². The first-order valence-electron chi connectivity index (χ1n) is 24.9. The van der Waals surface area contributed by atoms with Gasteiger partial charge in [0.1, 0.15) is 41.3 Å². The molecule has 0 aliphatic carbocycles. The van der Waals surface area contributed by atoms with E-state index in [0.29, 0.717) is 196 Å². The van der Waals surface area contributed by atoms with E-state index in [-0.39, 0.29) is 30.8 Å². The summed E-state index contributed by atoms with van der Waals surface area (Å²) in [5, 5.41) is 32.9. The molecule has 0 spiro atoms. The van der Waals surface area contributed by atoms with Crippen molar-refractivity contribution in [2.24, 2.45) is 5.73 Å². The number of thiol groups is 1. The Morgan fingerprint density at radius 2 is 0.934 bits per heavy atom. The Morgan fingerprint density at radius 1 is 0.500 bits per heavy atom. The minimum atomic E-state index is -0.929. The molecule has 76 heavy (non-hydrogen) atoms. The highest BCUT2D eigenvalue weighted by Crippen LogP contribution is 2.18. The van der Waals surface area contributed by atoms with E-state index in [1.807, 2.05) is 6.92 Å². The van der Waals surface area contributed by atoms with Crippen molar-refractivity contribution in [3.8, 4) is 0 Å². The van der Waals surface area contributed by atoms with Gasteiger partial charge in [-0.2, -0.15) is 82.4 Å². The summed E-state index contributed by atoms with van der Waals surface area (Å²) in [6.07, 6.45) is 7.68. The molecule has 0 aliphatic rings. The zero-order chi connectivity index (χ0) is 53.7. The molecular formula is C43H66N28O2S3. The van der Waals surface area contributed by atoms with Crippen LogP contribution in [-0.2, 0) is 36.9 Å². The van der Waals surface area contributed by atoms with Crippen molar-refractivity contribution in [2.45, 2.75) is 94.8 Å². The Kier molecular flexibility index (Phi) is 24.6. The third kappa shape index (κ3) is 21.9. The molecule has 0 amide bonds. The summed E-state index contributed by atoms with van der Waals surface area (Å²) in [6.45, 7) is 7.82. The van der Waals surface area contributed by atoms with Gasteiger partial charge in [0.15, 0.2) is 10.3 Å². The average Bonchev–Trinajstić information content (AvgIpc) is 3.39. The van der Waals surface area contributed by atoms with Crippen molar-refractivity contribution in [1.29, 1.82) is 0 Å². The van der Waals surface area contributed by atoms with Crippen molar-refractivity contribution >= 4 is 95.7 Å². The fraction of sp³-hybridized carbons (Fsp3) is 0.558. The van der Waals surface area contributed by atoms with E-state index in [4.69, 9.17) is 32.3 Å². The number of anilines is 9. The Hall–Kier alpha value is -7.26. The number of rotatable bonds is 37. The molecule has 0 atom stereocenters. The summed E-state index contributed by atoms with van der Waals surface area (Å²) in [5.74, 6) is 8.13. The lowest BCUT2D eigenvalue weighted by molar-refractivity contribution is -0.136. The summed E-state index contributed by atoms with van der Waals surface area (Å²) in [6, 6.07) is 0. The minimum absolute atomic E-state index is 0.0873.